The van der Waals surface area contributed by atoms with Crippen molar-refractivity contribution >= 4 is 23.3 Å². The Hall–Kier alpha value is -1.29. The van der Waals surface area contributed by atoms with Crippen molar-refractivity contribution < 1.29 is 4.79 Å². The first-order valence-corrected chi connectivity index (χ1v) is 5.00. The van der Waals surface area contributed by atoms with Crippen LogP contribution in [0.5, 0.6) is 0 Å². The minimum absolute atomic E-state index is 0.0943. The molecule has 5 heteroatoms. The van der Waals surface area contributed by atoms with E-state index >= 15 is 0 Å². The zero-order chi connectivity index (χ0) is 11.6. The molecule has 1 rings (SSSR count). The Morgan fingerprint density at radius 3 is 2.67 bits per heavy atom. The summed E-state index contributed by atoms with van der Waals surface area (Å²) in [6, 6.07) is 3.23. The molecule has 0 aromatic carbocycles. The average Bonchev–Trinajstić information content (AvgIpc) is 2.19. The summed E-state index contributed by atoms with van der Waals surface area (Å²) in [5.74, 6) is 0.0715. The van der Waals surface area contributed by atoms with Gasteiger partial charge in [0.15, 0.2) is 0 Å². The fourth-order valence-electron chi connectivity index (χ4n) is 1.01. The van der Waals surface area contributed by atoms with Gasteiger partial charge in [-0.15, -0.1) is 0 Å². The number of nitrogens with two attached hydrogens (primary N) is 1. The topological polar surface area (TPSA) is 59.2 Å². The Balaban J connectivity index is 3.05. The third kappa shape index (κ3) is 2.59. The van der Waals surface area contributed by atoms with E-state index < -0.39 is 0 Å². The maximum absolute atomic E-state index is 11.9. The molecule has 0 saturated heterocycles. The summed E-state index contributed by atoms with van der Waals surface area (Å²) >= 11 is 5.87. The normalized spacial score (nSPS) is 10.5. The maximum Gasteiger partial charge on any atom is 0.274 e. The monoisotopic (exact) mass is 227 g/mol. The van der Waals surface area contributed by atoms with Gasteiger partial charge in [-0.25, -0.2) is 4.98 Å². The van der Waals surface area contributed by atoms with Gasteiger partial charge in [-0.2, -0.15) is 0 Å². The van der Waals surface area contributed by atoms with Gasteiger partial charge >= 0.3 is 0 Å². The molecule has 0 bridgehead atoms. The molecule has 0 fully saturated rings. The van der Waals surface area contributed by atoms with Crippen molar-refractivity contribution in [3.63, 3.8) is 0 Å². The Kier molecular flexibility index (Phi) is 3.52. The lowest BCUT2D eigenvalue weighted by Gasteiger charge is -2.21. The van der Waals surface area contributed by atoms with Gasteiger partial charge in [0.2, 0.25) is 0 Å². The minimum atomic E-state index is -0.220. The highest BCUT2D eigenvalue weighted by molar-refractivity contribution is 6.33. The van der Waals surface area contributed by atoms with Crippen LogP contribution in [0.1, 0.15) is 24.3 Å². The molecule has 15 heavy (non-hydrogen) atoms. The van der Waals surface area contributed by atoms with E-state index in [0.717, 1.165) is 0 Å². The van der Waals surface area contributed by atoms with E-state index in [9.17, 15) is 4.79 Å². The van der Waals surface area contributed by atoms with E-state index in [4.69, 9.17) is 17.3 Å². The Morgan fingerprint density at radius 2 is 2.13 bits per heavy atom. The van der Waals surface area contributed by atoms with Gasteiger partial charge in [0.1, 0.15) is 11.5 Å². The average molecular weight is 228 g/mol. The number of halogens is 1. The van der Waals surface area contributed by atoms with E-state index in [2.05, 4.69) is 4.98 Å². The Bertz CT molecular complexity index is 379. The number of carbonyl (C=O) groups is 1. The van der Waals surface area contributed by atoms with Crippen molar-refractivity contribution in [2.24, 2.45) is 0 Å². The lowest BCUT2D eigenvalue weighted by molar-refractivity contribution is 0.0749. The number of rotatable bonds is 2. The van der Waals surface area contributed by atoms with Crippen LogP contribution in [0.4, 0.5) is 5.82 Å². The molecule has 0 spiro atoms. The van der Waals surface area contributed by atoms with Crippen LogP contribution in [0.3, 0.4) is 0 Å². The Labute approximate surface area is 94.0 Å². The van der Waals surface area contributed by atoms with Crippen molar-refractivity contribution in [3.05, 3.63) is 22.8 Å². The zero-order valence-corrected chi connectivity index (χ0v) is 9.75. The molecular formula is C10H14ClN3O. The van der Waals surface area contributed by atoms with Crippen LogP contribution in [-0.4, -0.2) is 28.9 Å². The van der Waals surface area contributed by atoms with Gasteiger partial charge in [0.25, 0.3) is 5.91 Å². The van der Waals surface area contributed by atoms with E-state index in [1.54, 1.807) is 24.1 Å². The zero-order valence-electron chi connectivity index (χ0n) is 8.99. The van der Waals surface area contributed by atoms with Gasteiger partial charge < -0.3 is 10.6 Å². The molecule has 0 aliphatic rings. The smallest absolute Gasteiger partial charge is 0.274 e. The van der Waals surface area contributed by atoms with Crippen LogP contribution < -0.4 is 5.73 Å². The predicted molar refractivity (Wildman–Crippen MR) is 60.9 cm³/mol. The van der Waals surface area contributed by atoms with Gasteiger partial charge in [-0.3, -0.25) is 4.79 Å². The van der Waals surface area contributed by atoms with Crippen LogP contribution in [0.15, 0.2) is 12.1 Å². The number of nitrogen functional groups attached to an aromatic ring is 1. The molecule has 0 saturated carbocycles. The van der Waals surface area contributed by atoms with Crippen molar-refractivity contribution in [2.75, 3.05) is 12.8 Å². The van der Waals surface area contributed by atoms with Crippen molar-refractivity contribution in [3.8, 4) is 0 Å². The van der Waals surface area contributed by atoms with E-state index in [-0.39, 0.29) is 17.6 Å². The predicted octanol–water partition coefficient (Wildman–Crippen LogP) is 1.80. The van der Waals surface area contributed by atoms with Crippen LogP contribution in [0.2, 0.25) is 5.02 Å². The molecule has 4 nitrogen and oxygen atoms in total. The van der Waals surface area contributed by atoms with Crippen molar-refractivity contribution in [1.29, 1.82) is 0 Å². The second-order valence-electron chi connectivity index (χ2n) is 3.58. The number of carbonyl (C=O) groups excluding carboxylic acids is 1. The summed E-state index contributed by atoms with van der Waals surface area (Å²) in [6.07, 6.45) is 0. The molecule has 1 aromatic heterocycles. The first-order chi connectivity index (χ1) is 6.93. The molecule has 1 aromatic rings. The molecule has 0 radical (unpaired) electrons. The summed E-state index contributed by atoms with van der Waals surface area (Å²) in [5.41, 5.74) is 5.70. The summed E-state index contributed by atoms with van der Waals surface area (Å²) in [5, 5.41) is 0.321. The second kappa shape index (κ2) is 4.49. The van der Waals surface area contributed by atoms with Crippen LogP contribution in [0.25, 0.3) is 0 Å². The van der Waals surface area contributed by atoms with E-state index in [0.29, 0.717) is 10.8 Å². The highest BCUT2D eigenvalue weighted by Crippen LogP contribution is 2.17. The van der Waals surface area contributed by atoms with E-state index in [1.807, 2.05) is 13.8 Å². The molecule has 0 aliphatic heterocycles. The quantitative estimate of drug-likeness (QED) is 0.838. The molecule has 0 unspecified atom stereocenters. The van der Waals surface area contributed by atoms with Crippen LogP contribution in [0, 0.1) is 0 Å². The maximum atomic E-state index is 11.9. The largest absolute Gasteiger partial charge is 0.384 e. The number of hydrogen-bond donors (Lipinski definition) is 1. The number of hydrogen-bond acceptors (Lipinski definition) is 3. The molecule has 1 amide bonds. The molecule has 82 valence electrons. The SMILES string of the molecule is CC(C)N(C)C(=O)c1nc(N)ccc1Cl. The Morgan fingerprint density at radius 1 is 1.53 bits per heavy atom. The van der Waals surface area contributed by atoms with E-state index in [1.165, 1.54) is 0 Å². The van der Waals surface area contributed by atoms with Gasteiger partial charge in [-0.05, 0) is 26.0 Å². The number of anilines is 1. The summed E-state index contributed by atoms with van der Waals surface area (Å²) in [4.78, 5) is 17.4. The first-order valence-electron chi connectivity index (χ1n) is 4.62. The minimum Gasteiger partial charge on any atom is -0.384 e. The number of amides is 1. The molecule has 0 aliphatic carbocycles. The fraction of sp³-hybridized carbons (Fsp3) is 0.400. The third-order valence-corrected chi connectivity index (χ3v) is 2.47. The highest BCUT2D eigenvalue weighted by atomic mass is 35.5. The number of aromatic nitrogens is 1. The van der Waals surface area contributed by atoms with Crippen molar-refractivity contribution in [2.45, 2.75) is 19.9 Å². The lowest BCUT2D eigenvalue weighted by Crippen LogP contribution is -2.33. The molecule has 2 N–H and O–H groups in total. The summed E-state index contributed by atoms with van der Waals surface area (Å²) < 4.78 is 0. The van der Waals surface area contributed by atoms with Gasteiger partial charge in [-0.1, -0.05) is 11.6 Å². The molecule has 0 atom stereocenters. The third-order valence-electron chi connectivity index (χ3n) is 2.17. The lowest BCUT2D eigenvalue weighted by atomic mass is 10.2. The van der Waals surface area contributed by atoms with Crippen molar-refractivity contribution in [1.82, 2.24) is 9.88 Å². The van der Waals surface area contributed by atoms with Crippen LogP contribution >= 0.6 is 11.6 Å². The summed E-state index contributed by atoms with van der Waals surface area (Å²) in [6.45, 7) is 3.83. The number of pyridine rings is 1. The fourth-order valence-corrected chi connectivity index (χ4v) is 1.19. The standard InChI is InChI=1S/C10H14ClN3O/c1-6(2)14(3)10(15)9-7(11)4-5-8(12)13-9/h4-6H,1-3H3,(H2,12,13). The van der Waals surface area contributed by atoms with Crippen LogP contribution in [-0.2, 0) is 0 Å². The molecule has 1 heterocycles. The van der Waals surface area contributed by atoms with Gasteiger partial charge in [0, 0.05) is 13.1 Å². The molecular weight excluding hydrogens is 214 g/mol. The highest BCUT2D eigenvalue weighted by Gasteiger charge is 2.18. The summed E-state index contributed by atoms with van der Waals surface area (Å²) in [7, 11) is 1.70. The first kappa shape index (κ1) is 11.8. The second-order valence-corrected chi connectivity index (χ2v) is 3.98. The number of nitrogens with zero attached hydrogens (tertiary/aromatic N) is 2. The van der Waals surface area contributed by atoms with Gasteiger partial charge in [0.05, 0.1) is 5.02 Å².